The van der Waals surface area contributed by atoms with Crippen LogP contribution in [0.2, 0.25) is 0 Å². The highest BCUT2D eigenvalue weighted by atomic mass is 19.1. The molecule has 0 aliphatic carbocycles. The van der Waals surface area contributed by atoms with Gasteiger partial charge in [0.25, 0.3) is 0 Å². The van der Waals surface area contributed by atoms with Gasteiger partial charge in [0.15, 0.2) is 0 Å². The molecular weight excluding hydrogens is 455 g/mol. The first-order valence-corrected chi connectivity index (χ1v) is 12.6. The lowest BCUT2D eigenvalue weighted by Gasteiger charge is -2.50. The first-order valence-electron chi connectivity index (χ1n) is 12.6. The number of carbonyl (C=O) groups is 1. The standard InChI is InChI=1S/C29H31FN4O2/c1-33-13-7-8-19(33)17-31-18-14-25(21-10-3-5-11-23(21)30)34-26(15-18)28-22(16-27(34)29(35)36-2)20-9-4-6-12-24(20)32-28/h3-13,18,25-27,31-32H,14-17H2,1-2H3/t18-,25+,26-,27+/m1/s1. The number of H-pyrrole nitrogens is 1. The van der Waals surface area contributed by atoms with E-state index in [1.165, 1.54) is 18.9 Å². The number of aromatic nitrogens is 2. The van der Waals surface area contributed by atoms with Gasteiger partial charge in [0.05, 0.1) is 13.2 Å². The number of hydrogen-bond donors (Lipinski definition) is 2. The Balaban J connectivity index is 1.45. The Bertz CT molecular complexity index is 1410. The number of halogens is 1. The number of rotatable bonds is 5. The molecule has 4 heterocycles. The molecule has 1 fully saturated rings. The number of aryl methyl sites for hydroxylation is 1. The molecule has 6 nitrogen and oxygen atoms in total. The summed E-state index contributed by atoms with van der Waals surface area (Å²) in [5.74, 6) is -0.511. The number of methoxy groups -OCH3 is 1. The van der Waals surface area contributed by atoms with Crippen LogP contribution in [-0.2, 0) is 29.5 Å². The molecule has 36 heavy (non-hydrogen) atoms. The number of ether oxygens (including phenoxy) is 1. The fourth-order valence-corrected chi connectivity index (χ4v) is 6.29. The van der Waals surface area contributed by atoms with Crippen molar-refractivity contribution in [3.63, 3.8) is 0 Å². The predicted molar refractivity (Wildman–Crippen MR) is 137 cm³/mol. The smallest absolute Gasteiger partial charge is 0.323 e. The zero-order chi connectivity index (χ0) is 24.8. The van der Waals surface area contributed by atoms with E-state index in [-0.39, 0.29) is 29.9 Å². The third kappa shape index (κ3) is 3.83. The number of nitrogens with zero attached hydrogens (tertiary/aromatic N) is 2. The minimum atomic E-state index is -0.481. The molecule has 0 spiro atoms. The number of hydrogen-bond acceptors (Lipinski definition) is 4. The van der Waals surface area contributed by atoms with Crippen molar-refractivity contribution in [3.05, 3.63) is 95.2 Å². The molecule has 6 rings (SSSR count). The molecule has 2 aromatic carbocycles. The van der Waals surface area contributed by atoms with Crippen LogP contribution >= 0.6 is 0 Å². The second kappa shape index (κ2) is 9.22. The Kier molecular flexibility index (Phi) is 5.90. The summed E-state index contributed by atoms with van der Waals surface area (Å²) < 4.78 is 22.6. The fourth-order valence-electron chi connectivity index (χ4n) is 6.29. The van der Waals surface area contributed by atoms with Crippen molar-refractivity contribution in [2.24, 2.45) is 7.05 Å². The Morgan fingerprint density at radius 3 is 2.64 bits per heavy atom. The predicted octanol–water partition coefficient (Wildman–Crippen LogP) is 4.78. The molecule has 0 saturated carbocycles. The third-order valence-electron chi connectivity index (χ3n) is 8.03. The van der Waals surface area contributed by atoms with E-state index >= 15 is 4.39 Å². The van der Waals surface area contributed by atoms with Gasteiger partial charge < -0.3 is 19.6 Å². The van der Waals surface area contributed by atoms with Crippen molar-refractivity contribution in [2.75, 3.05) is 7.11 Å². The molecule has 0 unspecified atom stereocenters. The summed E-state index contributed by atoms with van der Waals surface area (Å²) in [5, 5.41) is 4.88. The number of piperidine rings is 1. The topological polar surface area (TPSA) is 62.3 Å². The van der Waals surface area contributed by atoms with Gasteiger partial charge in [-0.25, -0.2) is 4.39 Å². The average molecular weight is 487 g/mol. The van der Waals surface area contributed by atoms with Crippen molar-refractivity contribution in [1.29, 1.82) is 0 Å². The van der Waals surface area contributed by atoms with Crippen LogP contribution in [0, 0.1) is 5.82 Å². The summed E-state index contributed by atoms with van der Waals surface area (Å²) in [6.45, 7) is 0.727. The van der Waals surface area contributed by atoms with Gasteiger partial charge in [0, 0.05) is 66.1 Å². The second-order valence-corrected chi connectivity index (χ2v) is 9.97. The van der Waals surface area contributed by atoms with E-state index in [1.54, 1.807) is 6.07 Å². The van der Waals surface area contributed by atoms with Crippen molar-refractivity contribution < 1.29 is 13.9 Å². The lowest BCUT2D eigenvalue weighted by atomic mass is 9.79. The highest BCUT2D eigenvalue weighted by Gasteiger charge is 2.48. The SMILES string of the molecule is COC(=O)[C@@H]1Cc2c([nH]c3ccccc23)[C@H]2C[C@H](NCc3cccn3C)C[C@@H](c3ccccc3F)N21. The molecular formula is C29H31FN4O2. The molecule has 2 aliphatic rings. The molecule has 7 heteroatoms. The van der Waals surface area contributed by atoms with Crippen LogP contribution in [0.25, 0.3) is 10.9 Å². The van der Waals surface area contributed by atoms with Crippen LogP contribution in [0.5, 0.6) is 0 Å². The summed E-state index contributed by atoms with van der Waals surface area (Å²) >= 11 is 0. The van der Waals surface area contributed by atoms with Gasteiger partial charge in [-0.05, 0) is 42.7 Å². The molecule has 2 N–H and O–H groups in total. The molecule has 4 aromatic rings. The average Bonchev–Trinajstić information content (AvgIpc) is 3.49. The number of para-hydroxylation sites is 1. The lowest BCUT2D eigenvalue weighted by molar-refractivity contribution is -0.152. The molecule has 0 amide bonds. The van der Waals surface area contributed by atoms with Crippen molar-refractivity contribution in [1.82, 2.24) is 19.8 Å². The maximum atomic E-state index is 15.2. The van der Waals surface area contributed by atoms with Crippen LogP contribution in [0.15, 0.2) is 66.9 Å². The number of fused-ring (bicyclic) bond motifs is 5. The Hall–Kier alpha value is -3.42. The normalized spacial score (nSPS) is 23.9. The number of nitrogens with one attached hydrogen (secondary N) is 2. The monoisotopic (exact) mass is 486 g/mol. The highest BCUT2D eigenvalue weighted by molar-refractivity contribution is 5.87. The van der Waals surface area contributed by atoms with Crippen LogP contribution in [0.3, 0.4) is 0 Å². The minimum absolute atomic E-state index is 0.0745. The van der Waals surface area contributed by atoms with E-state index in [0.717, 1.165) is 35.1 Å². The Labute approximate surface area is 210 Å². The largest absolute Gasteiger partial charge is 0.468 e. The Morgan fingerprint density at radius 1 is 1.08 bits per heavy atom. The van der Waals surface area contributed by atoms with Gasteiger partial charge >= 0.3 is 5.97 Å². The molecule has 186 valence electrons. The van der Waals surface area contributed by atoms with Crippen LogP contribution in [-0.4, -0.2) is 39.6 Å². The summed E-state index contributed by atoms with van der Waals surface area (Å²) in [4.78, 5) is 19.0. The zero-order valence-corrected chi connectivity index (χ0v) is 20.6. The van der Waals surface area contributed by atoms with Gasteiger partial charge in [-0.3, -0.25) is 9.69 Å². The van der Waals surface area contributed by atoms with Gasteiger partial charge in [-0.1, -0.05) is 36.4 Å². The van der Waals surface area contributed by atoms with Crippen molar-refractivity contribution in [3.8, 4) is 0 Å². The first kappa shape index (κ1) is 23.0. The van der Waals surface area contributed by atoms with E-state index in [9.17, 15) is 4.79 Å². The van der Waals surface area contributed by atoms with Gasteiger partial charge in [-0.2, -0.15) is 0 Å². The molecule has 0 bridgehead atoms. The molecule has 4 atom stereocenters. The van der Waals surface area contributed by atoms with E-state index in [1.807, 2.05) is 43.6 Å². The van der Waals surface area contributed by atoms with Crippen LogP contribution < -0.4 is 5.32 Å². The van der Waals surface area contributed by atoms with Crippen LogP contribution in [0.4, 0.5) is 4.39 Å². The number of benzene rings is 2. The quantitative estimate of drug-likeness (QED) is 0.399. The number of aromatic amines is 1. The van der Waals surface area contributed by atoms with Crippen molar-refractivity contribution in [2.45, 2.75) is 50.0 Å². The maximum absolute atomic E-state index is 15.2. The summed E-state index contributed by atoms with van der Waals surface area (Å²) in [6.07, 6.45) is 4.09. The number of carbonyl (C=O) groups excluding carboxylic acids is 1. The minimum Gasteiger partial charge on any atom is -0.468 e. The van der Waals surface area contributed by atoms with Crippen molar-refractivity contribution >= 4 is 16.9 Å². The zero-order valence-electron chi connectivity index (χ0n) is 20.6. The Morgan fingerprint density at radius 2 is 1.86 bits per heavy atom. The molecule has 0 radical (unpaired) electrons. The molecule has 1 saturated heterocycles. The highest BCUT2D eigenvalue weighted by Crippen LogP contribution is 2.49. The number of esters is 1. The van der Waals surface area contributed by atoms with Crippen LogP contribution in [0.1, 0.15) is 47.4 Å². The third-order valence-corrected chi connectivity index (χ3v) is 8.03. The first-order chi connectivity index (χ1) is 17.5. The summed E-state index contributed by atoms with van der Waals surface area (Å²) in [5.41, 5.74) is 5.18. The molecule has 2 aromatic heterocycles. The van der Waals surface area contributed by atoms with E-state index < -0.39 is 6.04 Å². The fraction of sp³-hybridized carbons (Fsp3) is 0.345. The van der Waals surface area contributed by atoms with E-state index in [0.29, 0.717) is 18.4 Å². The van der Waals surface area contributed by atoms with Gasteiger partial charge in [-0.15, -0.1) is 0 Å². The van der Waals surface area contributed by atoms with E-state index in [2.05, 4.69) is 38.0 Å². The van der Waals surface area contributed by atoms with Gasteiger partial charge in [0.2, 0.25) is 0 Å². The van der Waals surface area contributed by atoms with E-state index in [4.69, 9.17) is 4.74 Å². The summed E-state index contributed by atoms with van der Waals surface area (Å²) in [7, 11) is 3.48. The maximum Gasteiger partial charge on any atom is 0.323 e. The van der Waals surface area contributed by atoms with Gasteiger partial charge in [0.1, 0.15) is 11.9 Å². The lowest BCUT2D eigenvalue weighted by Crippen LogP contribution is -2.55. The second-order valence-electron chi connectivity index (χ2n) is 9.97. The molecule has 2 aliphatic heterocycles. The summed E-state index contributed by atoms with van der Waals surface area (Å²) in [6, 6.07) is 18.7.